The van der Waals surface area contributed by atoms with E-state index in [1.807, 2.05) is 34.6 Å². The van der Waals surface area contributed by atoms with Crippen LogP contribution in [0.25, 0.3) is 0 Å². The number of amides is 1. The van der Waals surface area contributed by atoms with Crippen LogP contribution in [0.15, 0.2) is 0 Å². The molecule has 0 aromatic carbocycles. The minimum absolute atomic E-state index is 0.0311. The maximum atomic E-state index is 11.9. The van der Waals surface area contributed by atoms with Crippen LogP contribution in [0.4, 0.5) is 4.79 Å². The summed E-state index contributed by atoms with van der Waals surface area (Å²) >= 11 is 0. The van der Waals surface area contributed by atoms with Crippen LogP contribution in [0.1, 0.15) is 53.9 Å². The molecule has 1 aliphatic heterocycles. The molecule has 4 heteroatoms. The number of ether oxygens (including phenoxy) is 1. The van der Waals surface area contributed by atoms with Crippen LogP contribution < -0.4 is 0 Å². The van der Waals surface area contributed by atoms with Gasteiger partial charge in [-0.05, 0) is 47.0 Å². The lowest BCUT2D eigenvalue weighted by Crippen LogP contribution is -2.52. The highest BCUT2D eigenvalue weighted by molar-refractivity contribution is 5.68. The number of aliphatic hydroxyl groups is 1. The van der Waals surface area contributed by atoms with Gasteiger partial charge in [0.1, 0.15) is 5.60 Å². The van der Waals surface area contributed by atoms with Gasteiger partial charge < -0.3 is 14.7 Å². The quantitative estimate of drug-likeness (QED) is 0.770. The third-order valence-corrected chi connectivity index (χ3v) is 3.31. The second-order valence-corrected chi connectivity index (χ2v) is 6.05. The van der Waals surface area contributed by atoms with Gasteiger partial charge in [-0.2, -0.15) is 0 Å². The van der Waals surface area contributed by atoms with E-state index < -0.39 is 11.2 Å². The van der Waals surface area contributed by atoms with E-state index >= 15 is 0 Å². The Hall–Kier alpha value is -0.770. The molecule has 0 aliphatic carbocycles. The Kier molecular flexibility index (Phi) is 4.07. The van der Waals surface area contributed by atoms with E-state index in [0.717, 1.165) is 6.42 Å². The molecule has 1 heterocycles. The van der Waals surface area contributed by atoms with Crippen molar-refractivity contribution in [2.75, 3.05) is 6.54 Å². The molecule has 1 N–H and O–H groups in total. The minimum atomic E-state index is -0.613. The average molecular weight is 243 g/mol. The predicted molar refractivity (Wildman–Crippen MR) is 66.9 cm³/mol. The minimum Gasteiger partial charge on any atom is -0.444 e. The topological polar surface area (TPSA) is 49.8 Å². The van der Waals surface area contributed by atoms with Crippen LogP contribution in [0, 0.1) is 0 Å². The maximum Gasteiger partial charge on any atom is 0.410 e. The number of rotatable bonds is 1. The highest BCUT2D eigenvalue weighted by Crippen LogP contribution is 2.30. The van der Waals surface area contributed by atoms with Gasteiger partial charge in [0.25, 0.3) is 0 Å². The van der Waals surface area contributed by atoms with Crippen LogP contribution >= 0.6 is 0 Å². The molecule has 2 atom stereocenters. The van der Waals surface area contributed by atoms with Crippen LogP contribution in [0.2, 0.25) is 0 Å². The van der Waals surface area contributed by atoms with Gasteiger partial charge in [-0.15, -0.1) is 0 Å². The molecule has 0 bridgehead atoms. The lowest BCUT2D eigenvalue weighted by atomic mass is 9.85. The van der Waals surface area contributed by atoms with Gasteiger partial charge in [0.15, 0.2) is 0 Å². The fourth-order valence-corrected chi connectivity index (χ4v) is 2.22. The first-order chi connectivity index (χ1) is 7.67. The molecule has 1 saturated heterocycles. The van der Waals surface area contributed by atoms with Gasteiger partial charge >= 0.3 is 6.09 Å². The van der Waals surface area contributed by atoms with E-state index in [1.165, 1.54) is 0 Å². The summed E-state index contributed by atoms with van der Waals surface area (Å²) in [7, 11) is 0. The summed E-state index contributed by atoms with van der Waals surface area (Å²) in [5.74, 6) is 0. The SMILES string of the molecule is CC[C@]1(O)CCN(C(=O)OC(C)(C)C)[C@@H](C)C1. The third-order valence-electron chi connectivity index (χ3n) is 3.31. The Labute approximate surface area is 104 Å². The summed E-state index contributed by atoms with van der Waals surface area (Å²) in [5.41, 5.74) is -1.08. The zero-order valence-corrected chi connectivity index (χ0v) is 11.6. The Morgan fingerprint density at radius 2 is 2.12 bits per heavy atom. The number of carbonyl (C=O) groups excluding carboxylic acids is 1. The largest absolute Gasteiger partial charge is 0.444 e. The summed E-state index contributed by atoms with van der Waals surface area (Å²) in [6, 6.07) is 0.0311. The van der Waals surface area contributed by atoms with Crippen molar-refractivity contribution in [3.8, 4) is 0 Å². The summed E-state index contributed by atoms with van der Waals surface area (Å²) < 4.78 is 5.35. The first kappa shape index (κ1) is 14.3. The van der Waals surface area contributed by atoms with Crippen LogP contribution in [-0.2, 0) is 4.74 Å². The zero-order valence-electron chi connectivity index (χ0n) is 11.6. The molecular weight excluding hydrogens is 218 g/mol. The second kappa shape index (κ2) is 4.84. The molecule has 1 rings (SSSR count). The standard InChI is InChI=1S/C13H25NO3/c1-6-13(16)7-8-14(10(2)9-13)11(15)17-12(3,4)5/h10,16H,6-9H2,1-5H3/t10-,13-/m0/s1. The van der Waals surface area contributed by atoms with Gasteiger partial charge in [0.05, 0.1) is 5.60 Å². The van der Waals surface area contributed by atoms with Gasteiger partial charge in [-0.25, -0.2) is 4.79 Å². The highest BCUT2D eigenvalue weighted by atomic mass is 16.6. The molecule has 100 valence electrons. The molecule has 17 heavy (non-hydrogen) atoms. The summed E-state index contributed by atoms with van der Waals surface area (Å²) in [6.45, 7) is 10.1. The second-order valence-electron chi connectivity index (χ2n) is 6.05. The van der Waals surface area contributed by atoms with Gasteiger partial charge in [0.2, 0.25) is 0 Å². The Morgan fingerprint density at radius 1 is 1.53 bits per heavy atom. The molecular formula is C13H25NO3. The Bertz CT molecular complexity index is 285. The number of hydrogen-bond acceptors (Lipinski definition) is 3. The first-order valence-corrected chi connectivity index (χ1v) is 6.39. The molecule has 0 spiro atoms. The van der Waals surface area contributed by atoms with E-state index in [4.69, 9.17) is 4.74 Å². The van der Waals surface area contributed by atoms with Crippen molar-refractivity contribution in [1.29, 1.82) is 0 Å². The lowest BCUT2D eigenvalue weighted by Gasteiger charge is -2.42. The van der Waals surface area contributed by atoms with Crippen molar-refractivity contribution in [1.82, 2.24) is 4.90 Å². The molecule has 1 aliphatic rings. The molecule has 0 aromatic rings. The molecule has 1 amide bonds. The molecule has 0 aromatic heterocycles. The van der Waals surface area contributed by atoms with Crippen LogP contribution in [0.3, 0.4) is 0 Å². The fourth-order valence-electron chi connectivity index (χ4n) is 2.22. The van der Waals surface area contributed by atoms with Gasteiger partial charge in [-0.1, -0.05) is 6.92 Å². The average Bonchev–Trinajstić information content (AvgIpc) is 2.14. The van der Waals surface area contributed by atoms with Crippen molar-refractivity contribution >= 4 is 6.09 Å². The number of carbonyl (C=O) groups is 1. The molecule has 0 saturated carbocycles. The molecule has 0 unspecified atom stereocenters. The molecule has 0 radical (unpaired) electrons. The van der Waals surface area contributed by atoms with Crippen molar-refractivity contribution in [2.24, 2.45) is 0 Å². The first-order valence-electron chi connectivity index (χ1n) is 6.39. The Balaban J connectivity index is 2.61. The molecule has 1 fully saturated rings. The number of likely N-dealkylation sites (tertiary alicyclic amines) is 1. The smallest absolute Gasteiger partial charge is 0.410 e. The number of nitrogens with zero attached hydrogens (tertiary/aromatic N) is 1. The predicted octanol–water partition coefficient (Wildman–Crippen LogP) is 2.55. The zero-order chi connectivity index (χ0) is 13.3. The van der Waals surface area contributed by atoms with Crippen molar-refractivity contribution in [3.63, 3.8) is 0 Å². The van der Waals surface area contributed by atoms with Gasteiger partial charge in [-0.3, -0.25) is 0 Å². The number of hydrogen-bond donors (Lipinski definition) is 1. The van der Waals surface area contributed by atoms with Crippen LogP contribution in [-0.4, -0.2) is 39.9 Å². The maximum absolute atomic E-state index is 11.9. The Morgan fingerprint density at radius 3 is 2.53 bits per heavy atom. The van der Waals surface area contributed by atoms with Crippen molar-refractivity contribution in [3.05, 3.63) is 0 Å². The normalized spacial score (nSPS) is 30.2. The summed E-state index contributed by atoms with van der Waals surface area (Å²) in [6.07, 6.45) is 1.72. The third kappa shape index (κ3) is 3.87. The summed E-state index contributed by atoms with van der Waals surface area (Å²) in [4.78, 5) is 13.7. The number of piperidine rings is 1. The van der Waals surface area contributed by atoms with E-state index in [2.05, 4.69) is 0 Å². The van der Waals surface area contributed by atoms with E-state index in [1.54, 1.807) is 4.90 Å². The fraction of sp³-hybridized carbons (Fsp3) is 0.923. The monoisotopic (exact) mass is 243 g/mol. The summed E-state index contributed by atoms with van der Waals surface area (Å²) in [5, 5.41) is 10.2. The van der Waals surface area contributed by atoms with E-state index in [-0.39, 0.29) is 12.1 Å². The van der Waals surface area contributed by atoms with Crippen molar-refractivity contribution in [2.45, 2.75) is 71.1 Å². The van der Waals surface area contributed by atoms with Gasteiger partial charge in [0, 0.05) is 12.6 Å². The highest BCUT2D eigenvalue weighted by Gasteiger charge is 2.38. The van der Waals surface area contributed by atoms with Crippen LogP contribution in [0.5, 0.6) is 0 Å². The van der Waals surface area contributed by atoms with E-state index in [9.17, 15) is 9.90 Å². The van der Waals surface area contributed by atoms with Crippen molar-refractivity contribution < 1.29 is 14.6 Å². The molecule has 4 nitrogen and oxygen atoms in total. The van der Waals surface area contributed by atoms with E-state index in [0.29, 0.717) is 19.4 Å². The lowest BCUT2D eigenvalue weighted by molar-refractivity contribution is -0.0524.